The molecule has 4 nitrogen and oxygen atoms in total. The molecule has 42 heavy (non-hydrogen) atoms. The standard InChI is InChI=1S/C25H19N2O.C12H10N.Ir/c1-17-10-15-23(26-16-17)22-9-5-8-20-21-14-13-19(27-25(21)28-24(20)22)12-11-18-6-3-2-4-7-18;1-10-7-8-12(13-9-10)11-5-3-2-4-6-11;/h2-8,10,13-16H,11-12H2,1H3;2-5,7-9H,1H3;/q2*-1;/i1D3,11D2,12D2;1D3;. The maximum Gasteiger partial charge on any atom is 0.216 e. The Labute approximate surface area is 273 Å². The Bertz CT molecular complexity index is 2270. The molecular weight excluding hydrogens is 695 g/mol. The summed E-state index contributed by atoms with van der Waals surface area (Å²) in [5.41, 5.74) is 3.65. The third-order valence-electron chi connectivity index (χ3n) is 6.18. The first-order valence-electron chi connectivity index (χ1n) is 17.8. The maximum atomic E-state index is 8.59. The zero-order valence-electron chi connectivity index (χ0n) is 32.1. The number of nitrogens with zero attached hydrogens (tertiary/aromatic N) is 3. The van der Waals surface area contributed by atoms with E-state index < -0.39 is 26.4 Å². The summed E-state index contributed by atoms with van der Waals surface area (Å²) in [6, 6.07) is 34.7. The second kappa shape index (κ2) is 13.5. The van der Waals surface area contributed by atoms with Crippen molar-refractivity contribution >= 4 is 22.1 Å². The van der Waals surface area contributed by atoms with Crippen LogP contribution in [0.4, 0.5) is 0 Å². The first kappa shape index (κ1) is 18.9. The molecule has 0 atom stereocenters. The molecule has 4 heterocycles. The summed E-state index contributed by atoms with van der Waals surface area (Å²) in [5, 5.41) is 1.34. The van der Waals surface area contributed by atoms with Crippen molar-refractivity contribution in [2.75, 3.05) is 0 Å². The minimum Gasteiger partial charge on any atom is -0.486 e. The average molecular weight is 734 g/mol. The van der Waals surface area contributed by atoms with E-state index in [1.807, 2.05) is 18.2 Å². The second-order valence-corrected chi connectivity index (χ2v) is 9.00. The molecule has 0 unspecified atom stereocenters. The molecule has 1 radical (unpaired) electrons. The normalized spacial score (nSPS) is 15.4. The Hall–Kier alpha value is -4.44. The van der Waals surface area contributed by atoms with E-state index in [1.165, 1.54) is 24.5 Å². The Morgan fingerprint density at radius 3 is 2.17 bits per heavy atom. The molecule has 0 aliphatic carbocycles. The van der Waals surface area contributed by atoms with Gasteiger partial charge in [0, 0.05) is 57.3 Å². The number of hydrogen-bond donors (Lipinski definition) is 0. The maximum absolute atomic E-state index is 8.59. The molecule has 0 saturated carbocycles. The molecule has 5 heteroatoms. The van der Waals surface area contributed by atoms with Gasteiger partial charge in [0.25, 0.3) is 0 Å². The number of rotatable bonds is 5. The Balaban J connectivity index is 0.000000258. The minimum absolute atomic E-state index is 0. The predicted molar refractivity (Wildman–Crippen MR) is 165 cm³/mol. The van der Waals surface area contributed by atoms with Crippen LogP contribution in [0.3, 0.4) is 0 Å². The molecule has 0 aliphatic rings. The molecule has 0 spiro atoms. The van der Waals surface area contributed by atoms with E-state index in [0.29, 0.717) is 27.6 Å². The number of fused-ring (bicyclic) bond motifs is 3. The van der Waals surface area contributed by atoms with Gasteiger partial charge in [0.1, 0.15) is 0 Å². The van der Waals surface area contributed by atoms with E-state index in [-0.39, 0.29) is 48.2 Å². The number of hydrogen-bond acceptors (Lipinski definition) is 4. The van der Waals surface area contributed by atoms with Crippen molar-refractivity contribution in [3.05, 3.63) is 150 Å². The molecule has 3 aromatic carbocycles. The Morgan fingerprint density at radius 2 is 1.48 bits per heavy atom. The molecule has 209 valence electrons. The van der Waals surface area contributed by atoms with Gasteiger partial charge in [0.2, 0.25) is 5.71 Å². The quantitative estimate of drug-likeness (QED) is 0.166. The van der Waals surface area contributed by atoms with Crippen molar-refractivity contribution in [1.29, 1.82) is 0 Å². The van der Waals surface area contributed by atoms with E-state index in [0.717, 1.165) is 11.3 Å². The van der Waals surface area contributed by atoms with Crippen LogP contribution in [0.1, 0.15) is 36.1 Å². The fraction of sp³-hybridized carbons (Fsp3) is 0.108. The third kappa shape index (κ3) is 6.71. The largest absolute Gasteiger partial charge is 0.486 e. The van der Waals surface area contributed by atoms with Crippen LogP contribution in [-0.2, 0) is 32.9 Å². The van der Waals surface area contributed by atoms with Crippen LogP contribution in [0.15, 0.2) is 120 Å². The number of benzene rings is 3. The van der Waals surface area contributed by atoms with Gasteiger partial charge in [0.15, 0.2) is 0 Å². The molecule has 0 N–H and O–H groups in total. The average Bonchev–Trinajstić information content (AvgIpc) is 3.50. The SMILES string of the molecule is [2H]C([2H])([2H])c1ccc(-c2[c-]ccc3c2oc2nc(C([2H])([2H])C([2H])([2H])c4ccccc4)ccc23)nc1.[2H]C([2H])([2H])c1ccc(-c2[c-]cccc2)nc1.[Ir]. The summed E-state index contributed by atoms with van der Waals surface area (Å²) in [7, 11) is 0. The summed E-state index contributed by atoms with van der Waals surface area (Å²) >= 11 is 0. The van der Waals surface area contributed by atoms with Gasteiger partial charge in [-0.25, -0.2) is 4.98 Å². The fourth-order valence-corrected chi connectivity index (χ4v) is 4.19. The van der Waals surface area contributed by atoms with Gasteiger partial charge in [-0.2, -0.15) is 0 Å². The number of pyridine rings is 3. The van der Waals surface area contributed by atoms with Crippen molar-refractivity contribution in [1.82, 2.24) is 15.0 Å². The molecule has 7 aromatic rings. The molecular formula is C37H29IrN3O-2. The molecule has 0 amide bonds. The fourth-order valence-electron chi connectivity index (χ4n) is 4.19. The monoisotopic (exact) mass is 734 g/mol. The van der Waals surface area contributed by atoms with Gasteiger partial charge in [-0.15, -0.1) is 54.1 Å². The molecule has 4 aromatic heterocycles. The summed E-state index contributed by atoms with van der Waals surface area (Å²) in [5.74, 6) is 0. The van der Waals surface area contributed by atoms with Crippen molar-refractivity contribution in [3.8, 4) is 22.5 Å². The van der Waals surface area contributed by atoms with E-state index in [2.05, 4.69) is 27.1 Å². The molecule has 0 bridgehead atoms. The predicted octanol–water partition coefficient (Wildman–Crippen LogP) is 8.79. The van der Waals surface area contributed by atoms with Gasteiger partial charge in [-0.1, -0.05) is 65.5 Å². The summed E-state index contributed by atoms with van der Waals surface area (Å²) in [6.07, 6.45) is -2.09. The van der Waals surface area contributed by atoms with Gasteiger partial charge in [-0.3, -0.25) is 0 Å². The van der Waals surface area contributed by atoms with Crippen molar-refractivity contribution in [2.24, 2.45) is 0 Å². The molecule has 0 saturated heterocycles. The number of aryl methyl sites for hydroxylation is 4. The van der Waals surface area contributed by atoms with E-state index in [9.17, 15) is 0 Å². The van der Waals surface area contributed by atoms with E-state index in [4.69, 9.17) is 18.1 Å². The Kier molecular flexibility index (Phi) is 6.06. The van der Waals surface area contributed by atoms with Crippen molar-refractivity contribution < 1.29 is 38.2 Å². The second-order valence-electron chi connectivity index (χ2n) is 9.00. The zero-order valence-corrected chi connectivity index (χ0v) is 24.4. The zero-order chi connectivity index (χ0) is 36.6. The first-order chi connectivity index (χ1) is 24.1. The van der Waals surface area contributed by atoms with Crippen LogP contribution in [-0.4, -0.2) is 15.0 Å². The van der Waals surface area contributed by atoms with Crippen molar-refractivity contribution in [3.63, 3.8) is 0 Å². The van der Waals surface area contributed by atoms with Gasteiger partial charge in [0.05, 0.1) is 5.58 Å². The number of furan rings is 1. The van der Waals surface area contributed by atoms with Gasteiger partial charge in [-0.05, 0) is 66.7 Å². The topological polar surface area (TPSA) is 51.8 Å². The summed E-state index contributed by atoms with van der Waals surface area (Å²) in [4.78, 5) is 12.8. The van der Waals surface area contributed by atoms with Crippen LogP contribution < -0.4 is 0 Å². The van der Waals surface area contributed by atoms with E-state index in [1.54, 1.807) is 72.8 Å². The minimum atomic E-state index is -2.44. The number of aromatic nitrogens is 3. The van der Waals surface area contributed by atoms with Gasteiger partial charge >= 0.3 is 0 Å². The molecule has 0 aliphatic heterocycles. The Morgan fingerprint density at radius 1 is 0.714 bits per heavy atom. The summed E-state index contributed by atoms with van der Waals surface area (Å²) < 4.78 is 84.5. The molecule has 0 fully saturated rings. The van der Waals surface area contributed by atoms with Crippen LogP contribution in [0, 0.1) is 25.8 Å². The third-order valence-corrected chi connectivity index (χ3v) is 6.18. The summed E-state index contributed by atoms with van der Waals surface area (Å²) in [6.45, 7) is -4.35. The smallest absolute Gasteiger partial charge is 0.216 e. The van der Waals surface area contributed by atoms with Crippen LogP contribution in [0.25, 0.3) is 44.6 Å². The van der Waals surface area contributed by atoms with Crippen molar-refractivity contribution in [2.45, 2.75) is 26.4 Å². The van der Waals surface area contributed by atoms with Crippen LogP contribution >= 0.6 is 0 Å². The van der Waals surface area contributed by atoms with E-state index >= 15 is 0 Å². The first-order valence-corrected chi connectivity index (χ1v) is 12.8. The van der Waals surface area contributed by atoms with Crippen LogP contribution in [0.2, 0.25) is 0 Å². The molecule has 7 rings (SSSR count). The van der Waals surface area contributed by atoms with Crippen LogP contribution in [0.5, 0.6) is 0 Å². The van der Waals surface area contributed by atoms with Gasteiger partial charge < -0.3 is 14.4 Å².